The molecule has 0 fully saturated rings. The zero-order valence-electron chi connectivity index (χ0n) is 23.7. The summed E-state index contributed by atoms with van der Waals surface area (Å²) in [6, 6.07) is -1.10. The van der Waals surface area contributed by atoms with E-state index in [2.05, 4.69) is 25.6 Å². The number of esters is 1. The number of oxazole rings is 1. The smallest absolute Gasteiger partial charge is 0.329 e. The molecule has 222 valence electrons. The third kappa shape index (κ3) is 10.1. The number of aromatic nitrogens is 3. The number of cyclic esters (lactones) is 1. The van der Waals surface area contributed by atoms with Gasteiger partial charge in [0.25, 0.3) is 5.91 Å². The van der Waals surface area contributed by atoms with Gasteiger partial charge in [0.05, 0.1) is 18.9 Å². The van der Waals surface area contributed by atoms with Crippen molar-refractivity contribution in [2.45, 2.75) is 71.4 Å². The maximum Gasteiger partial charge on any atom is 0.329 e. The third-order valence-corrected chi connectivity index (χ3v) is 6.46. The van der Waals surface area contributed by atoms with E-state index in [1.54, 1.807) is 25.2 Å². The normalized spacial score (nSPS) is 26.6. The van der Waals surface area contributed by atoms with Crippen molar-refractivity contribution in [3.63, 3.8) is 0 Å². The number of carbonyl (C=O) groups is 3. The highest BCUT2D eigenvalue weighted by Crippen LogP contribution is 2.20. The number of hydrogen-bond donors (Lipinski definition) is 4. The molecule has 0 aromatic carbocycles. The van der Waals surface area contributed by atoms with Gasteiger partial charge in [0.2, 0.25) is 5.91 Å². The number of aliphatic hydroxyl groups is 1. The van der Waals surface area contributed by atoms with Gasteiger partial charge < -0.3 is 29.9 Å². The molecule has 1 aliphatic rings. The fraction of sp³-hybridized carbons (Fsp3) is 0.483. The summed E-state index contributed by atoms with van der Waals surface area (Å²) in [4.78, 5) is 49.6. The molecule has 5 unspecified atom stereocenters. The molecule has 5 atom stereocenters. The Balaban J connectivity index is 1.87. The summed E-state index contributed by atoms with van der Waals surface area (Å²) in [5.74, 6) is -2.14. The lowest BCUT2D eigenvalue weighted by atomic mass is 9.94. The minimum absolute atomic E-state index is 0.0160. The predicted octanol–water partition coefficient (Wildman–Crippen LogP) is 2.76. The standard InChI is InChI=1S/C29H38FN5O6/c1-17(2)27-19(4)7-8-25(37)32-9-5-6-18(3)10-22(36)11-20(30)12-26-34-24(15-40-26)28(38)35-23(29(39)41-27)13-21-14-31-16-33-21/h5-8,10,14-17,19-20,22-23,27,36H,9,11-13H2,1-4H3,(H,31,33)(H,32,37)(H,35,38)/b6-5?,8-7+,18-10?. The molecule has 0 aliphatic carbocycles. The summed E-state index contributed by atoms with van der Waals surface area (Å²) < 4.78 is 25.8. The highest BCUT2D eigenvalue weighted by atomic mass is 19.1. The van der Waals surface area contributed by atoms with Gasteiger partial charge in [-0.25, -0.2) is 19.2 Å². The number of carbonyl (C=O) groups excluding carboxylic acids is 3. The van der Waals surface area contributed by atoms with Gasteiger partial charge in [-0.2, -0.15) is 0 Å². The maximum atomic E-state index is 14.7. The first-order chi connectivity index (χ1) is 19.5. The number of fused-ring (bicyclic) bond motifs is 2. The number of imidazole rings is 1. The average Bonchev–Trinajstić information content (AvgIpc) is 3.59. The summed E-state index contributed by atoms with van der Waals surface area (Å²) in [6.07, 6.45) is 8.55. The van der Waals surface area contributed by atoms with E-state index < -0.39 is 36.3 Å². The van der Waals surface area contributed by atoms with Crippen LogP contribution in [0.15, 0.2) is 59.2 Å². The molecule has 3 rings (SSSR count). The van der Waals surface area contributed by atoms with Gasteiger partial charge in [0, 0.05) is 37.2 Å². The molecule has 2 bridgehead atoms. The largest absolute Gasteiger partial charge is 0.460 e. The van der Waals surface area contributed by atoms with Crippen LogP contribution in [0, 0.1) is 11.8 Å². The van der Waals surface area contributed by atoms with Crippen LogP contribution >= 0.6 is 0 Å². The Hall–Kier alpha value is -4.06. The number of alkyl halides is 1. The summed E-state index contributed by atoms with van der Waals surface area (Å²) in [5.41, 5.74) is 1.16. The number of ether oxygens (including phenoxy) is 1. The summed E-state index contributed by atoms with van der Waals surface area (Å²) >= 11 is 0. The Morgan fingerprint density at radius 3 is 2.71 bits per heavy atom. The molecule has 2 amide bonds. The van der Waals surface area contributed by atoms with Crippen LogP contribution in [0.5, 0.6) is 0 Å². The van der Waals surface area contributed by atoms with Crippen molar-refractivity contribution in [1.82, 2.24) is 25.6 Å². The van der Waals surface area contributed by atoms with Gasteiger partial charge in [-0.05, 0) is 18.9 Å². The summed E-state index contributed by atoms with van der Waals surface area (Å²) in [6.45, 7) is 7.62. The molecule has 0 saturated heterocycles. The van der Waals surface area contributed by atoms with Gasteiger partial charge in [0.15, 0.2) is 11.6 Å². The molecule has 0 radical (unpaired) electrons. The van der Waals surface area contributed by atoms with Crippen LogP contribution in [0.4, 0.5) is 4.39 Å². The molecular formula is C29H38FN5O6. The van der Waals surface area contributed by atoms with E-state index in [1.807, 2.05) is 20.8 Å². The van der Waals surface area contributed by atoms with Gasteiger partial charge in [-0.3, -0.25) is 9.59 Å². The second-order valence-electron chi connectivity index (χ2n) is 10.5. The van der Waals surface area contributed by atoms with E-state index in [4.69, 9.17) is 9.15 Å². The van der Waals surface area contributed by atoms with Crippen LogP contribution in [0.3, 0.4) is 0 Å². The lowest BCUT2D eigenvalue weighted by Gasteiger charge is -2.28. The quantitative estimate of drug-likeness (QED) is 0.409. The van der Waals surface area contributed by atoms with E-state index >= 15 is 0 Å². The molecule has 2 aromatic heterocycles. The van der Waals surface area contributed by atoms with Gasteiger partial charge in [-0.1, -0.05) is 50.6 Å². The van der Waals surface area contributed by atoms with E-state index in [0.717, 1.165) is 6.26 Å². The Bertz CT molecular complexity index is 1250. The Labute approximate surface area is 238 Å². The van der Waals surface area contributed by atoms with E-state index in [1.165, 1.54) is 24.7 Å². The molecule has 2 aromatic rings. The number of nitrogens with zero attached hydrogens (tertiary/aromatic N) is 2. The SMILES string of the molecule is CC1=CC(O)CC(F)Cc2nc(co2)C(=O)NC(Cc2cnc[nH]2)C(=O)OC(C(C)C)C(C)/C=C/C(=O)NCC=C1. The van der Waals surface area contributed by atoms with Gasteiger partial charge >= 0.3 is 5.97 Å². The molecule has 41 heavy (non-hydrogen) atoms. The number of hydrogen-bond acceptors (Lipinski definition) is 8. The monoisotopic (exact) mass is 571 g/mol. The van der Waals surface area contributed by atoms with Crippen LogP contribution in [-0.2, 0) is 27.2 Å². The number of aromatic amines is 1. The molecule has 4 N–H and O–H groups in total. The minimum Gasteiger partial charge on any atom is -0.460 e. The number of nitrogens with one attached hydrogen (secondary N) is 3. The highest BCUT2D eigenvalue weighted by Gasteiger charge is 2.31. The summed E-state index contributed by atoms with van der Waals surface area (Å²) in [5, 5.41) is 15.6. The molecule has 11 nitrogen and oxygen atoms in total. The van der Waals surface area contributed by atoms with Crippen molar-refractivity contribution in [3.05, 3.63) is 72.0 Å². The Morgan fingerprint density at radius 1 is 1.22 bits per heavy atom. The second kappa shape index (κ2) is 15.1. The minimum atomic E-state index is -1.49. The molecule has 0 spiro atoms. The number of rotatable bonds is 3. The third-order valence-electron chi connectivity index (χ3n) is 6.46. The molecule has 12 heteroatoms. The first kappa shape index (κ1) is 31.5. The number of amides is 2. The highest BCUT2D eigenvalue weighted by molar-refractivity contribution is 5.95. The van der Waals surface area contributed by atoms with E-state index in [9.17, 15) is 23.9 Å². The number of aliphatic hydroxyl groups excluding tert-OH is 1. The number of H-pyrrole nitrogens is 1. The number of halogens is 1. The van der Waals surface area contributed by atoms with Crippen LogP contribution < -0.4 is 10.6 Å². The zero-order chi connectivity index (χ0) is 29.9. The number of allylic oxidation sites excluding steroid dienone is 2. The predicted molar refractivity (Wildman–Crippen MR) is 148 cm³/mol. The summed E-state index contributed by atoms with van der Waals surface area (Å²) in [7, 11) is 0. The second-order valence-corrected chi connectivity index (χ2v) is 10.5. The molecule has 1 aliphatic heterocycles. The van der Waals surface area contributed by atoms with Gasteiger partial charge in [0.1, 0.15) is 24.6 Å². The first-order valence-corrected chi connectivity index (χ1v) is 13.6. The van der Waals surface area contributed by atoms with Crippen LogP contribution in [0.2, 0.25) is 0 Å². The van der Waals surface area contributed by atoms with Crippen LogP contribution in [0.25, 0.3) is 0 Å². The van der Waals surface area contributed by atoms with Crippen LogP contribution in [0.1, 0.15) is 56.2 Å². The molecule has 0 saturated carbocycles. The van der Waals surface area contributed by atoms with E-state index in [0.29, 0.717) is 11.3 Å². The molecule has 3 heterocycles. The van der Waals surface area contributed by atoms with Crippen molar-refractivity contribution in [2.24, 2.45) is 11.8 Å². The zero-order valence-corrected chi connectivity index (χ0v) is 23.7. The van der Waals surface area contributed by atoms with Crippen molar-refractivity contribution in [1.29, 1.82) is 0 Å². The molecular weight excluding hydrogens is 533 g/mol. The lowest BCUT2D eigenvalue weighted by molar-refractivity contribution is -0.155. The Morgan fingerprint density at radius 2 is 2.00 bits per heavy atom. The Kier molecular flexibility index (Phi) is 11.6. The van der Waals surface area contributed by atoms with Crippen LogP contribution in [-0.4, -0.2) is 68.8 Å². The lowest BCUT2D eigenvalue weighted by Crippen LogP contribution is -2.46. The first-order valence-electron chi connectivity index (χ1n) is 13.6. The maximum absolute atomic E-state index is 14.7. The van der Waals surface area contributed by atoms with Gasteiger partial charge in [-0.15, -0.1) is 0 Å². The van der Waals surface area contributed by atoms with Crippen molar-refractivity contribution >= 4 is 17.8 Å². The van der Waals surface area contributed by atoms with Crippen molar-refractivity contribution < 1.29 is 33.0 Å². The van der Waals surface area contributed by atoms with E-state index in [-0.39, 0.29) is 55.1 Å². The fourth-order valence-electron chi connectivity index (χ4n) is 4.39. The van der Waals surface area contributed by atoms with Crippen molar-refractivity contribution in [3.8, 4) is 0 Å². The van der Waals surface area contributed by atoms with Crippen molar-refractivity contribution in [2.75, 3.05) is 6.54 Å². The topological polar surface area (TPSA) is 159 Å². The average molecular weight is 572 g/mol. The fourth-order valence-corrected chi connectivity index (χ4v) is 4.39.